The van der Waals surface area contributed by atoms with Crippen LogP contribution >= 0.6 is 20.6 Å². The van der Waals surface area contributed by atoms with Gasteiger partial charge in [0.05, 0.1) is 0 Å². The molecule has 14 heavy (non-hydrogen) atoms. The Hall–Kier alpha value is -0.520. The summed E-state index contributed by atoms with van der Waals surface area (Å²) in [5.74, 6) is 0. The minimum absolute atomic E-state index is 0.0605. The minimum Gasteiger partial charge on any atom is -0.143 e. The second-order valence-electron chi connectivity index (χ2n) is 3.55. The molecule has 2 aromatic rings. The van der Waals surface area contributed by atoms with Crippen LogP contribution in [0.15, 0.2) is 41.3 Å². The van der Waals surface area contributed by atoms with Crippen LogP contribution in [0.1, 0.15) is 0 Å². The first-order valence-corrected chi connectivity index (χ1v) is 7.26. The van der Waals surface area contributed by atoms with E-state index in [1.807, 2.05) is 0 Å². The smallest absolute Gasteiger partial charge is 0.0125 e. The molecule has 0 aliphatic heterocycles. The first-order chi connectivity index (χ1) is 6.70. The monoisotopic (exact) mass is 220 g/mol. The highest BCUT2D eigenvalue weighted by Crippen LogP contribution is 2.31. The van der Waals surface area contributed by atoms with Gasteiger partial charge < -0.3 is 0 Å². The summed E-state index contributed by atoms with van der Waals surface area (Å²) in [5, 5.41) is 4.07. The van der Waals surface area contributed by atoms with E-state index in [0.29, 0.717) is 0 Å². The Morgan fingerprint density at radius 1 is 1.00 bits per heavy atom. The van der Waals surface area contributed by atoms with E-state index in [4.69, 9.17) is 0 Å². The van der Waals surface area contributed by atoms with Crippen molar-refractivity contribution in [1.29, 1.82) is 0 Å². The van der Waals surface area contributed by atoms with E-state index >= 15 is 0 Å². The molecule has 0 aliphatic carbocycles. The molecule has 0 spiro atoms. The Kier molecular flexibility index (Phi) is 2.80. The maximum absolute atomic E-state index is 4.53. The molecule has 0 bridgehead atoms. The van der Waals surface area contributed by atoms with Crippen molar-refractivity contribution in [3.63, 3.8) is 0 Å². The van der Waals surface area contributed by atoms with E-state index < -0.39 is 0 Å². The van der Waals surface area contributed by atoms with Crippen molar-refractivity contribution in [2.75, 3.05) is 13.3 Å². The highest BCUT2D eigenvalue weighted by Gasteiger charge is 2.06. The summed E-state index contributed by atoms with van der Waals surface area (Å²) in [5.41, 5.74) is 0. The molecule has 0 unspecified atom stereocenters. The van der Waals surface area contributed by atoms with Gasteiger partial charge in [-0.15, -0.1) is 12.6 Å². The minimum atomic E-state index is -0.0605. The Morgan fingerprint density at radius 2 is 1.64 bits per heavy atom. The van der Waals surface area contributed by atoms with Gasteiger partial charge in [0, 0.05) is 10.3 Å². The number of hydrogen-bond donors (Lipinski definition) is 1. The molecule has 2 heteroatoms. The highest BCUT2D eigenvalue weighted by atomic mass is 32.1. The second-order valence-corrected chi connectivity index (χ2v) is 6.30. The van der Waals surface area contributed by atoms with Gasteiger partial charge in [0.15, 0.2) is 0 Å². The molecule has 0 radical (unpaired) electrons. The van der Waals surface area contributed by atoms with Crippen LogP contribution in [0.3, 0.4) is 0 Å². The third kappa shape index (κ3) is 1.67. The van der Waals surface area contributed by atoms with E-state index in [-0.39, 0.29) is 7.92 Å². The molecule has 0 atom stereocenters. The van der Waals surface area contributed by atoms with Gasteiger partial charge >= 0.3 is 0 Å². The van der Waals surface area contributed by atoms with Crippen LogP contribution in [0.25, 0.3) is 10.8 Å². The normalized spacial score (nSPS) is 11.1. The number of fused-ring (bicyclic) bond motifs is 1. The van der Waals surface area contributed by atoms with E-state index in [0.717, 1.165) is 4.90 Å². The van der Waals surface area contributed by atoms with Gasteiger partial charge in [-0.3, -0.25) is 0 Å². The van der Waals surface area contributed by atoms with E-state index in [9.17, 15) is 0 Å². The fourth-order valence-electron chi connectivity index (χ4n) is 1.67. The zero-order chi connectivity index (χ0) is 10.1. The number of hydrogen-bond acceptors (Lipinski definition) is 1. The van der Waals surface area contributed by atoms with Crippen molar-refractivity contribution in [2.45, 2.75) is 4.90 Å². The molecular formula is C12H13PS. The van der Waals surface area contributed by atoms with Crippen LogP contribution in [-0.2, 0) is 0 Å². The first-order valence-electron chi connectivity index (χ1n) is 4.58. The summed E-state index contributed by atoms with van der Waals surface area (Å²) in [6.07, 6.45) is 0. The molecule has 0 aromatic heterocycles. The van der Waals surface area contributed by atoms with Crippen molar-refractivity contribution in [1.82, 2.24) is 0 Å². The van der Waals surface area contributed by atoms with Crippen LogP contribution < -0.4 is 5.30 Å². The lowest BCUT2D eigenvalue weighted by Crippen LogP contribution is -2.01. The van der Waals surface area contributed by atoms with E-state index in [1.165, 1.54) is 16.1 Å². The summed E-state index contributed by atoms with van der Waals surface area (Å²) in [6.45, 7) is 4.56. The zero-order valence-corrected chi connectivity index (χ0v) is 10.1. The molecule has 0 heterocycles. The maximum atomic E-state index is 4.53. The van der Waals surface area contributed by atoms with Crippen LogP contribution in [0.5, 0.6) is 0 Å². The standard InChI is InChI=1S/C12H13PS/c1-13(2)10-7-3-5-9-6-4-8-11(14)12(9)10/h3-8,14H,1-2H3. The summed E-state index contributed by atoms with van der Waals surface area (Å²) >= 11 is 4.53. The van der Waals surface area contributed by atoms with Gasteiger partial charge in [-0.05, 0) is 30.1 Å². The van der Waals surface area contributed by atoms with Crippen molar-refractivity contribution < 1.29 is 0 Å². The highest BCUT2D eigenvalue weighted by molar-refractivity contribution is 7.80. The molecule has 0 N–H and O–H groups in total. The molecule has 0 saturated heterocycles. The Labute approximate surface area is 91.5 Å². The van der Waals surface area contributed by atoms with E-state index in [2.05, 4.69) is 62.4 Å². The lowest BCUT2D eigenvalue weighted by Gasteiger charge is -2.11. The van der Waals surface area contributed by atoms with Gasteiger partial charge in [0.1, 0.15) is 0 Å². The predicted molar refractivity (Wildman–Crippen MR) is 69.6 cm³/mol. The maximum Gasteiger partial charge on any atom is 0.0125 e. The summed E-state index contributed by atoms with van der Waals surface area (Å²) in [4.78, 5) is 1.09. The van der Waals surface area contributed by atoms with Gasteiger partial charge in [0.25, 0.3) is 0 Å². The van der Waals surface area contributed by atoms with Crippen LogP contribution in [0, 0.1) is 0 Å². The molecule has 72 valence electrons. The summed E-state index contributed by atoms with van der Waals surface area (Å²) in [7, 11) is -0.0605. The van der Waals surface area contributed by atoms with Crippen molar-refractivity contribution in [2.24, 2.45) is 0 Å². The molecule has 0 aliphatic rings. The SMILES string of the molecule is CP(C)c1cccc2cccc(S)c12. The van der Waals surface area contributed by atoms with Crippen molar-refractivity contribution in [3.05, 3.63) is 36.4 Å². The fraction of sp³-hybridized carbons (Fsp3) is 0.167. The summed E-state index contributed by atoms with van der Waals surface area (Å²) in [6, 6.07) is 12.8. The molecule has 0 saturated carbocycles. The molecule has 0 amide bonds. The molecule has 2 aromatic carbocycles. The lowest BCUT2D eigenvalue weighted by molar-refractivity contribution is 1.58. The van der Waals surface area contributed by atoms with Gasteiger partial charge in [-0.1, -0.05) is 38.3 Å². The quantitative estimate of drug-likeness (QED) is 0.552. The van der Waals surface area contributed by atoms with E-state index in [1.54, 1.807) is 0 Å². The number of thiol groups is 1. The largest absolute Gasteiger partial charge is 0.143 e. The van der Waals surface area contributed by atoms with Crippen LogP contribution in [-0.4, -0.2) is 13.3 Å². The third-order valence-electron chi connectivity index (χ3n) is 2.34. The number of benzene rings is 2. The average molecular weight is 220 g/mol. The molecule has 0 fully saturated rings. The van der Waals surface area contributed by atoms with Crippen molar-refractivity contribution >= 4 is 36.6 Å². The van der Waals surface area contributed by atoms with Crippen molar-refractivity contribution in [3.8, 4) is 0 Å². The average Bonchev–Trinajstić information content (AvgIpc) is 2.17. The number of rotatable bonds is 1. The van der Waals surface area contributed by atoms with Gasteiger partial charge in [0.2, 0.25) is 0 Å². The third-order valence-corrected chi connectivity index (χ3v) is 4.05. The fourth-order valence-corrected chi connectivity index (χ4v) is 3.18. The van der Waals surface area contributed by atoms with Crippen LogP contribution in [0.4, 0.5) is 0 Å². The second kappa shape index (κ2) is 3.92. The first kappa shape index (κ1) is 10.0. The lowest BCUT2D eigenvalue weighted by atomic mass is 10.1. The Bertz CT molecular complexity index is 458. The molecule has 2 rings (SSSR count). The van der Waals surface area contributed by atoms with Gasteiger partial charge in [-0.2, -0.15) is 0 Å². The molecular weight excluding hydrogens is 207 g/mol. The Morgan fingerprint density at radius 3 is 2.29 bits per heavy atom. The van der Waals surface area contributed by atoms with Crippen LogP contribution in [0.2, 0.25) is 0 Å². The Balaban J connectivity index is 2.84. The molecule has 0 nitrogen and oxygen atoms in total. The zero-order valence-electron chi connectivity index (χ0n) is 8.36. The van der Waals surface area contributed by atoms with Gasteiger partial charge in [-0.25, -0.2) is 0 Å². The topological polar surface area (TPSA) is 0 Å². The predicted octanol–water partition coefficient (Wildman–Crippen LogP) is 3.50. The summed E-state index contributed by atoms with van der Waals surface area (Å²) < 4.78 is 0.